The van der Waals surface area contributed by atoms with Gasteiger partial charge in [-0.15, -0.1) is 0 Å². The maximum atomic E-state index is 5.83. The molecule has 0 spiro atoms. The molecule has 1 fully saturated rings. The molecule has 2 atom stereocenters. The Hall–Kier alpha value is -3.58. The van der Waals surface area contributed by atoms with E-state index in [1.54, 1.807) is 6.20 Å². The highest BCUT2D eigenvalue weighted by Gasteiger charge is 2.41. The molecule has 0 bridgehead atoms. The van der Waals surface area contributed by atoms with Crippen molar-refractivity contribution in [2.75, 3.05) is 0 Å². The minimum Gasteiger partial charge on any atom is -0.352 e. The number of thiocarbonyl (C=S) groups is 1. The predicted octanol–water partition coefficient (Wildman–Crippen LogP) is 4.76. The minimum atomic E-state index is -0.0604. The van der Waals surface area contributed by atoms with Crippen LogP contribution in [0.5, 0.6) is 0 Å². The van der Waals surface area contributed by atoms with Crippen LogP contribution in [0.2, 0.25) is 0 Å². The van der Waals surface area contributed by atoms with Crippen molar-refractivity contribution in [1.82, 2.24) is 29.7 Å². The van der Waals surface area contributed by atoms with E-state index in [1.807, 2.05) is 42.9 Å². The number of hydrogen-bond donors (Lipinski definition) is 1. The molecule has 33 heavy (non-hydrogen) atoms. The van der Waals surface area contributed by atoms with E-state index in [1.165, 1.54) is 11.1 Å². The van der Waals surface area contributed by atoms with Crippen LogP contribution in [0.4, 0.5) is 0 Å². The van der Waals surface area contributed by atoms with Gasteiger partial charge in [0.25, 0.3) is 0 Å². The van der Waals surface area contributed by atoms with E-state index >= 15 is 0 Å². The lowest BCUT2D eigenvalue weighted by molar-refractivity contribution is 0.310. The van der Waals surface area contributed by atoms with Gasteiger partial charge in [0.05, 0.1) is 17.8 Å². The first-order valence-corrected chi connectivity index (χ1v) is 11.4. The molecule has 5 rings (SSSR count). The van der Waals surface area contributed by atoms with Crippen LogP contribution in [0.15, 0.2) is 73.3 Å². The molecule has 0 radical (unpaired) electrons. The molecule has 166 valence electrons. The third kappa shape index (κ3) is 4.00. The minimum absolute atomic E-state index is 0.0163. The monoisotopic (exact) mass is 454 g/mol. The van der Waals surface area contributed by atoms with Crippen LogP contribution in [-0.4, -0.2) is 29.5 Å². The SMILES string of the molecule is Cc1ccnc(-n2c(C)cc([C@@H]3[C@H](c4ccccn4)NC(=S)N3Cc3cccnc3)c2C)c1. The first kappa shape index (κ1) is 21.3. The first-order chi connectivity index (χ1) is 16.0. The normalized spacial score (nSPS) is 17.9. The van der Waals surface area contributed by atoms with Gasteiger partial charge in [0.2, 0.25) is 0 Å². The van der Waals surface area contributed by atoms with Gasteiger partial charge in [-0.05, 0) is 86.1 Å². The van der Waals surface area contributed by atoms with E-state index in [4.69, 9.17) is 12.2 Å². The van der Waals surface area contributed by atoms with Crippen LogP contribution in [0.3, 0.4) is 0 Å². The molecule has 1 saturated heterocycles. The summed E-state index contributed by atoms with van der Waals surface area (Å²) in [5, 5.41) is 4.26. The Balaban J connectivity index is 1.62. The Morgan fingerprint density at radius 1 is 0.970 bits per heavy atom. The Labute approximate surface area is 199 Å². The molecule has 6 nitrogen and oxygen atoms in total. The molecule has 0 aliphatic carbocycles. The number of aryl methyl sites for hydroxylation is 2. The second-order valence-electron chi connectivity index (χ2n) is 8.47. The Morgan fingerprint density at radius 2 is 1.85 bits per heavy atom. The third-order valence-electron chi connectivity index (χ3n) is 6.19. The highest BCUT2D eigenvalue weighted by atomic mass is 32.1. The Bertz CT molecular complexity index is 1280. The standard InChI is InChI=1S/C26H26N6S/c1-17-9-12-29-23(13-17)32-18(2)14-21(19(32)3)25-24(22-8-4-5-11-28-22)30-26(33)31(25)16-20-7-6-10-27-15-20/h4-15,24-25H,16H2,1-3H3,(H,30,33)/t24-,25+/m0/s1. The van der Waals surface area contributed by atoms with E-state index in [0.717, 1.165) is 33.6 Å². The Morgan fingerprint density at radius 3 is 2.58 bits per heavy atom. The number of rotatable bonds is 5. The van der Waals surface area contributed by atoms with E-state index < -0.39 is 0 Å². The number of pyridine rings is 3. The summed E-state index contributed by atoms with van der Waals surface area (Å²) in [6.07, 6.45) is 7.39. The smallest absolute Gasteiger partial charge is 0.170 e. The summed E-state index contributed by atoms with van der Waals surface area (Å²) >= 11 is 5.83. The van der Waals surface area contributed by atoms with E-state index in [9.17, 15) is 0 Å². The summed E-state index contributed by atoms with van der Waals surface area (Å²) in [6, 6.07) is 16.4. The highest BCUT2D eigenvalue weighted by molar-refractivity contribution is 7.80. The van der Waals surface area contributed by atoms with Crippen molar-refractivity contribution in [3.05, 3.63) is 107 Å². The molecule has 7 heteroatoms. The summed E-state index contributed by atoms with van der Waals surface area (Å²) in [7, 11) is 0. The summed E-state index contributed by atoms with van der Waals surface area (Å²) in [5.74, 6) is 0.929. The molecular formula is C26H26N6S. The summed E-state index contributed by atoms with van der Waals surface area (Å²) in [5.41, 5.74) is 6.77. The van der Waals surface area contributed by atoms with Crippen molar-refractivity contribution in [2.24, 2.45) is 0 Å². The molecule has 1 aliphatic rings. The van der Waals surface area contributed by atoms with Crippen LogP contribution in [0.1, 0.15) is 45.9 Å². The molecule has 0 aromatic carbocycles. The summed E-state index contributed by atoms with van der Waals surface area (Å²) in [4.78, 5) is 15.8. The largest absolute Gasteiger partial charge is 0.352 e. The molecule has 0 amide bonds. The molecular weight excluding hydrogens is 428 g/mol. The average Bonchev–Trinajstić information content (AvgIpc) is 3.30. The third-order valence-corrected chi connectivity index (χ3v) is 6.54. The topological polar surface area (TPSA) is 58.9 Å². The number of nitrogens with zero attached hydrogens (tertiary/aromatic N) is 5. The van der Waals surface area contributed by atoms with Crippen LogP contribution in [0.25, 0.3) is 5.82 Å². The van der Waals surface area contributed by atoms with Gasteiger partial charge in [0, 0.05) is 42.7 Å². The van der Waals surface area contributed by atoms with Gasteiger partial charge < -0.3 is 14.8 Å². The van der Waals surface area contributed by atoms with Crippen molar-refractivity contribution in [3.63, 3.8) is 0 Å². The van der Waals surface area contributed by atoms with Crippen LogP contribution in [0, 0.1) is 20.8 Å². The van der Waals surface area contributed by atoms with Gasteiger partial charge in [0.1, 0.15) is 5.82 Å². The number of aromatic nitrogens is 4. The zero-order valence-corrected chi connectivity index (χ0v) is 19.8. The number of nitrogens with one attached hydrogen (secondary N) is 1. The second-order valence-corrected chi connectivity index (χ2v) is 8.86. The van der Waals surface area contributed by atoms with Crippen molar-refractivity contribution in [1.29, 1.82) is 0 Å². The first-order valence-electron chi connectivity index (χ1n) is 11.0. The fraction of sp³-hybridized carbons (Fsp3) is 0.231. The molecule has 1 N–H and O–H groups in total. The van der Waals surface area contributed by atoms with Gasteiger partial charge in [-0.1, -0.05) is 12.1 Å². The molecule has 0 unspecified atom stereocenters. The number of hydrogen-bond acceptors (Lipinski definition) is 4. The quantitative estimate of drug-likeness (QED) is 0.439. The van der Waals surface area contributed by atoms with Gasteiger partial charge in [-0.25, -0.2) is 4.98 Å². The fourth-order valence-corrected chi connectivity index (χ4v) is 4.99. The van der Waals surface area contributed by atoms with E-state index in [2.05, 4.69) is 74.8 Å². The zero-order valence-electron chi connectivity index (χ0n) is 18.9. The fourth-order valence-electron chi connectivity index (χ4n) is 4.68. The van der Waals surface area contributed by atoms with Gasteiger partial charge in [-0.3, -0.25) is 9.97 Å². The molecule has 5 heterocycles. The van der Waals surface area contributed by atoms with Gasteiger partial charge in [0.15, 0.2) is 5.11 Å². The predicted molar refractivity (Wildman–Crippen MR) is 133 cm³/mol. The second kappa shape index (κ2) is 8.75. The van der Waals surface area contributed by atoms with Crippen LogP contribution < -0.4 is 5.32 Å². The van der Waals surface area contributed by atoms with Gasteiger partial charge >= 0.3 is 0 Å². The highest BCUT2D eigenvalue weighted by Crippen LogP contribution is 2.42. The molecule has 0 saturated carbocycles. The maximum absolute atomic E-state index is 5.83. The maximum Gasteiger partial charge on any atom is 0.170 e. The van der Waals surface area contributed by atoms with E-state index in [-0.39, 0.29) is 12.1 Å². The van der Waals surface area contributed by atoms with Crippen molar-refractivity contribution in [2.45, 2.75) is 39.4 Å². The van der Waals surface area contributed by atoms with E-state index in [0.29, 0.717) is 6.54 Å². The van der Waals surface area contributed by atoms with Crippen LogP contribution in [-0.2, 0) is 6.54 Å². The Kier molecular flexibility index (Phi) is 5.64. The lowest BCUT2D eigenvalue weighted by atomic mass is 9.96. The van der Waals surface area contributed by atoms with Crippen molar-refractivity contribution in [3.8, 4) is 5.82 Å². The molecule has 4 aromatic heterocycles. The summed E-state index contributed by atoms with van der Waals surface area (Å²) < 4.78 is 2.22. The lowest BCUT2D eigenvalue weighted by Crippen LogP contribution is -2.29. The van der Waals surface area contributed by atoms with Crippen LogP contribution >= 0.6 is 12.2 Å². The summed E-state index contributed by atoms with van der Waals surface area (Å²) in [6.45, 7) is 7.04. The molecule has 4 aromatic rings. The van der Waals surface area contributed by atoms with Crippen molar-refractivity contribution >= 4 is 17.3 Å². The average molecular weight is 455 g/mol. The van der Waals surface area contributed by atoms with Gasteiger partial charge in [-0.2, -0.15) is 0 Å². The zero-order chi connectivity index (χ0) is 22.9. The van der Waals surface area contributed by atoms with Crippen molar-refractivity contribution < 1.29 is 0 Å². The lowest BCUT2D eigenvalue weighted by Gasteiger charge is -2.28. The molecule has 1 aliphatic heterocycles.